The minimum atomic E-state index is -1.33. The number of halogens is 1. The van der Waals surface area contributed by atoms with Crippen molar-refractivity contribution in [2.75, 3.05) is 0 Å². The molecule has 24 heavy (non-hydrogen) atoms. The number of benzene rings is 1. The number of hydrogen-bond acceptors (Lipinski definition) is 4. The molecule has 1 unspecified atom stereocenters. The molecule has 0 aliphatic rings. The van der Waals surface area contributed by atoms with E-state index >= 15 is 0 Å². The van der Waals surface area contributed by atoms with E-state index < -0.39 is 30.1 Å². The van der Waals surface area contributed by atoms with Crippen LogP contribution in [0.3, 0.4) is 0 Å². The van der Waals surface area contributed by atoms with Gasteiger partial charge in [-0.3, -0.25) is 4.79 Å². The molecule has 4 N–H and O–H groups in total. The molecule has 2 atom stereocenters. The summed E-state index contributed by atoms with van der Waals surface area (Å²) in [4.78, 5) is 44.4. The fourth-order valence-electron chi connectivity index (χ4n) is 1.98. The van der Waals surface area contributed by atoms with Gasteiger partial charge in [0.2, 0.25) is 0 Å². The van der Waals surface area contributed by atoms with Crippen molar-refractivity contribution in [2.24, 2.45) is 0 Å². The van der Waals surface area contributed by atoms with E-state index in [9.17, 15) is 19.2 Å². The Balaban J connectivity index is 2.75. The average Bonchev–Trinajstić information content (AvgIpc) is 2.50. The Kier molecular flexibility index (Phi) is 8.16. The molecule has 130 valence electrons. The zero-order valence-corrected chi connectivity index (χ0v) is 14.7. The highest BCUT2D eigenvalue weighted by atomic mass is 127. The third kappa shape index (κ3) is 6.94. The van der Waals surface area contributed by atoms with E-state index in [4.69, 9.17) is 10.2 Å². The van der Waals surface area contributed by atoms with Crippen LogP contribution in [0.5, 0.6) is 0 Å². The van der Waals surface area contributed by atoms with Gasteiger partial charge in [0.05, 0.1) is 6.04 Å². The lowest BCUT2D eigenvalue weighted by molar-refractivity contribution is -0.140. The molecule has 0 bridgehead atoms. The van der Waals surface area contributed by atoms with Gasteiger partial charge in [-0.05, 0) is 46.7 Å². The van der Waals surface area contributed by atoms with Crippen LogP contribution in [0.2, 0.25) is 0 Å². The Bertz CT molecular complexity index is 622. The first-order chi connectivity index (χ1) is 11.3. The molecule has 0 aliphatic heterocycles. The molecule has 0 heterocycles. The maximum atomic E-state index is 12.0. The minimum absolute atomic E-state index is 0.0282. The second-order valence-corrected chi connectivity index (χ2v) is 6.20. The molecule has 0 fully saturated rings. The van der Waals surface area contributed by atoms with Crippen molar-refractivity contribution in [3.8, 4) is 0 Å². The summed E-state index contributed by atoms with van der Waals surface area (Å²) in [5, 5.41) is 22.4. The van der Waals surface area contributed by atoms with Gasteiger partial charge >= 0.3 is 18.0 Å². The molecule has 8 nitrogen and oxygen atoms in total. The van der Waals surface area contributed by atoms with Crippen LogP contribution in [0.15, 0.2) is 24.3 Å². The summed E-state index contributed by atoms with van der Waals surface area (Å²) in [5.74, 6) is -2.48. The summed E-state index contributed by atoms with van der Waals surface area (Å²) in [6.45, 7) is 0. The van der Waals surface area contributed by atoms with Gasteiger partial charge in [-0.1, -0.05) is 12.1 Å². The first kappa shape index (κ1) is 19.9. The molecule has 2 amide bonds. The van der Waals surface area contributed by atoms with Crippen LogP contribution in [0.25, 0.3) is 0 Å². The van der Waals surface area contributed by atoms with E-state index in [1.807, 2.05) is 6.07 Å². The van der Waals surface area contributed by atoms with Crippen LogP contribution in [-0.2, 0) is 14.4 Å². The number of rotatable bonds is 9. The first-order valence-corrected chi connectivity index (χ1v) is 8.12. The Labute approximate surface area is 151 Å². The summed E-state index contributed by atoms with van der Waals surface area (Å²) in [7, 11) is 0. The van der Waals surface area contributed by atoms with Crippen LogP contribution in [-0.4, -0.2) is 40.5 Å². The fourth-order valence-corrected chi connectivity index (χ4v) is 2.55. The van der Waals surface area contributed by atoms with E-state index in [-0.39, 0.29) is 19.3 Å². The highest BCUT2D eigenvalue weighted by Crippen LogP contribution is 2.18. The van der Waals surface area contributed by atoms with Gasteiger partial charge in [-0.2, -0.15) is 0 Å². The standard InChI is InChI=1S/C15H17IN2O6/c16-10-3-1-2-9(8-10)11(6-7-19)17-15(24)18-12(14(22)23)4-5-13(20)21/h1-3,7-8,11-12H,4-6H2,(H,20,21)(H,22,23)(H2,17,18,24)/t11?,12-/m0/s1. The first-order valence-electron chi connectivity index (χ1n) is 7.04. The van der Waals surface area contributed by atoms with Crippen molar-refractivity contribution < 1.29 is 29.4 Å². The smallest absolute Gasteiger partial charge is 0.326 e. The SMILES string of the molecule is O=CCC(NC(=O)N[C@@H](CCC(=O)O)C(=O)O)c1cccc(I)c1. The largest absolute Gasteiger partial charge is 0.481 e. The summed E-state index contributed by atoms with van der Waals surface area (Å²) >= 11 is 2.10. The van der Waals surface area contributed by atoms with Crippen molar-refractivity contribution in [1.29, 1.82) is 0 Å². The summed E-state index contributed by atoms with van der Waals surface area (Å²) < 4.78 is 0.924. The monoisotopic (exact) mass is 448 g/mol. The molecular weight excluding hydrogens is 431 g/mol. The zero-order chi connectivity index (χ0) is 18.1. The molecule has 9 heteroatoms. The van der Waals surface area contributed by atoms with E-state index in [2.05, 4.69) is 33.2 Å². The Morgan fingerprint density at radius 2 is 1.92 bits per heavy atom. The van der Waals surface area contributed by atoms with Crippen LogP contribution in [0.4, 0.5) is 4.79 Å². The van der Waals surface area contributed by atoms with Crippen LogP contribution in [0, 0.1) is 3.57 Å². The number of aldehydes is 1. The van der Waals surface area contributed by atoms with Gasteiger partial charge in [-0.15, -0.1) is 0 Å². The van der Waals surface area contributed by atoms with Gasteiger partial charge in [0.15, 0.2) is 0 Å². The minimum Gasteiger partial charge on any atom is -0.481 e. The van der Waals surface area contributed by atoms with E-state index in [0.717, 1.165) is 3.57 Å². The van der Waals surface area contributed by atoms with Crippen LogP contribution >= 0.6 is 22.6 Å². The van der Waals surface area contributed by atoms with Crippen LogP contribution in [0.1, 0.15) is 30.9 Å². The summed E-state index contributed by atoms with van der Waals surface area (Å²) in [6, 6.07) is 4.47. The van der Waals surface area contributed by atoms with Crippen molar-refractivity contribution in [1.82, 2.24) is 10.6 Å². The van der Waals surface area contributed by atoms with Gasteiger partial charge < -0.3 is 25.6 Å². The number of carboxylic acids is 2. The number of carbonyl (C=O) groups excluding carboxylic acids is 2. The number of carbonyl (C=O) groups is 4. The molecule has 1 aromatic carbocycles. The maximum absolute atomic E-state index is 12.0. The van der Waals surface area contributed by atoms with Crippen molar-refractivity contribution >= 4 is 46.8 Å². The van der Waals surface area contributed by atoms with E-state index in [0.29, 0.717) is 11.8 Å². The molecule has 0 saturated carbocycles. The van der Waals surface area contributed by atoms with Crippen molar-refractivity contribution in [2.45, 2.75) is 31.3 Å². The fraction of sp³-hybridized carbons (Fsp3) is 0.333. The number of aliphatic carboxylic acids is 2. The Morgan fingerprint density at radius 1 is 1.21 bits per heavy atom. The van der Waals surface area contributed by atoms with E-state index in [1.165, 1.54) is 0 Å². The zero-order valence-electron chi connectivity index (χ0n) is 12.6. The summed E-state index contributed by atoms with van der Waals surface area (Å²) in [6.07, 6.45) is 0.0653. The third-order valence-electron chi connectivity index (χ3n) is 3.14. The average molecular weight is 448 g/mol. The van der Waals surface area contributed by atoms with E-state index in [1.54, 1.807) is 18.2 Å². The van der Waals surface area contributed by atoms with Crippen molar-refractivity contribution in [3.05, 3.63) is 33.4 Å². The number of hydrogen-bond donors (Lipinski definition) is 4. The highest BCUT2D eigenvalue weighted by Gasteiger charge is 2.22. The molecule has 0 aliphatic carbocycles. The Hall–Kier alpha value is -2.17. The van der Waals surface area contributed by atoms with Gasteiger partial charge in [0, 0.05) is 16.4 Å². The lowest BCUT2D eigenvalue weighted by Crippen LogP contribution is -2.47. The molecule has 0 aromatic heterocycles. The molecule has 0 saturated heterocycles. The Morgan fingerprint density at radius 3 is 2.46 bits per heavy atom. The molecule has 1 rings (SSSR count). The molecule has 1 aromatic rings. The highest BCUT2D eigenvalue weighted by molar-refractivity contribution is 14.1. The van der Waals surface area contributed by atoms with Crippen LogP contribution < -0.4 is 10.6 Å². The second kappa shape index (κ2) is 9.85. The lowest BCUT2D eigenvalue weighted by atomic mass is 10.0. The molecule has 0 spiro atoms. The molecule has 0 radical (unpaired) electrons. The second-order valence-electron chi connectivity index (χ2n) is 4.95. The normalized spacial score (nSPS) is 12.7. The van der Waals surface area contributed by atoms with Gasteiger partial charge in [0.25, 0.3) is 0 Å². The van der Waals surface area contributed by atoms with Crippen molar-refractivity contribution in [3.63, 3.8) is 0 Å². The topological polar surface area (TPSA) is 133 Å². The predicted molar refractivity (Wildman–Crippen MR) is 92.5 cm³/mol. The van der Waals surface area contributed by atoms with Gasteiger partial charge in [-0.25, -0.2) is 9.59 Å². The van der Waals surface area contributed by atoms with Gasteiger partial charge in [0.1, 0.15) is 12.3 Å². The quantitative estimate of drug-likeness (QED) is 0.335. The number of nitrogens with one attached hydrogen (secondary N) is 2. The predicted octanol–water partition coefficient (Wildman–Crippen LogP) is 1.54. The number of amides is 2. The lowest BCUT2D eigenvalue weighted by Gasteiger charge is -2.20. The third-order valence-corrected chi connectivity index (χ3v) is 3.81. The number of carboxylic acid groups (broad SMARTS) is 2. The molecular formula is C15H17IN2O6. The summed E-state index contributed by atoms with van der Waals surface area (Å²) in [5.41, 5.74) is 0.710. The number of urea groups is 1. The maximum Gasteiger partial charge on any atom is 0.326 e.